The summed E-state index contributed by atoms with van der Waals surface area (Å²) in [6.07, 6.45) is 4.97. The van der Waals surface area contributed by atoms with E-state index in [-0.39, 0.29) is 11.4 Å². The average Bonchev–Trinajstić information content (AvgIpc) is 2.36. The topological polar surface area (TPSA) is 29.1 Å². The maximum absolute atomic E-state index is 11.2. The van der Waals surface area contributed by atoms with Crippen molar-refractivity contribution in [1.82, 2.24) is 5.32 Å². The Bertz CT molecular complexity index is 236. The van der Waals surface area contributed by atoms with Gasteiger partial charge >= 0.3 is 0 Å². The lowest BCUT2D eigenvalue weighted by Gasteiger charge is -2.38. The van der Waals surface area contributed by atoms with E-state index in [1.165, 1.54) is 25.7 Å². The first-order valence-electron chi connectivity index (χ1n) is 5.27. The Morgan fingerprint density at radius 2 is 1.85 bits per heavy atom. The van der Waals surface area contributed by atoms with Gasteiger partial charge in [-0.05, 0) is 37.0 Å². The van der Waals surface area contributed by atoms with Gasteiger partial charge in [0.25, 0.3) is 0 Å². The molecule has 0 aromatic heterocycles. The van der Waals surface area contributed by atoms with Gasteiger partial charge in [-0.1, -0.05) is 13.8 Å². The Morgan fingerprint density at radius 1 is 1.31 bits per heavy atom. The van der Waals surface area contributed by atoms with E-state index in [0.29, 0.717) is 5.41 Å². The van der Waals surface area contributed by atoms with E-state index in [2.05, 4.69) is 19.2 Å². The van der Waals surface area contributed by atoms with Crippen LogP contribution in [-0.4, -0.2) is 11.4 Å². The van der Waals surface area contributed by atoms with Crippen molar-refractivity contribution in [3.05, 3.63) is 0 Å². The van der Waals surface area contributed by atoms with E-state index in [0.717, 1.165) is 5.92 Å². The molecular weight excluding hydrogens is 162 g/mol. The molecule has 0 radical (unpaired) electrons. The molecule has 0 aromatic rings. The van der Waals surface area contributed by atoms with Crippen molar-refractivity contribution in [2.24, 2.45) is 11.3 Å². The number of amides is 1. The summed E-state index contributed by atoms with van der Waals surface area (Å²) in [6, 6.07) is 0. The molecule has 2 aliphatic carbocycles. The maximum atomic E-state index is 11.2. The minimum atomic E-state index is 0.128. The van der Waals surface area contributed by atoms with Crippen LogP contribution in [0.5, 0.6) is 0 Å². The predicted octanol–water partition coefficient (Wildman–Crippen LogP) is 2.09. The van der Waals surface area contributed by atoms with E-state index in [4.69, 9.17) is 0 Å². The molecular formula is C11H19NO. The van der Waals surface area contributed by atoms with Crippen molar-refractivity contribution < 1.29 is 4.79 Å². The molecule has 2 bridgehead atoms. The number of nitrogens with one attached hydrogen (secondary N) is 1. The SMILES string of the molecule is CC(=O)NC12CCC(CC1)C2(C)C. The minimum absolute atomic E-state index is 0.128. The van der Waals surface area contributed by atoms with E-state index >= 15 is 0 Å². The molecule has 0 heterocycles. The molecule has 1 N–H and O–H groups in total. The Hall–Kier alpha value is -0.530. The summed E-state index contributed by atoms with van der Waals surface area (Å²) in [5.74, 6) is 0.968. The fraction of sp³-hybridized carbons (Fsp3) is 0.909. The number of carbonyl (C=O) groups is 1. The van der Waals surface area contributed by atoms with Crippen molar-refractivity contribution in [2.45, 2.75) is 52.0 Å². The smallest absolute Gasteiger partial charge is 0.217 e. The van der Waals surface area contributed by atoms with Crippen LogP contribution in [0.2, 0.25) is 0 Å². The number of hydrogen-bond acceptors (Lipinski definition) is 1. The Morgan fingerprint density at radius 3 is 2.15 bits per heavy atom. The molecule has 2 rings (SSSR count). The number of carbonyl (C=O) groups excluding carboxylic acids is 1. The zero-order valence-corrected chi connectivity index (χ0v) is 8.81. The summed E-state index contributed by atoms with van der Waals surface area (Å²) in [5, 5.41) is 3.20. The van der Waals surface area contributed by atoms with E-state index in [1.54, 1.807) is 6.92 Å². The molecule has 0 spiro atoms. The summed E-state index contributed by atoms with van der Waals surface area (Å²) in [5.41, 5.74) is 0.447. The number of fused-ring (bicyclic) bond motifs is 2. The lowest BCUT2D eigenvalue weighted by Crippen LogP contribution is -2.52. The lowest BCUT2D eigenvalue weighted by atomic mass is 9.76. The van der Waals surface area contributed by atoms with Gasteiger partial charge in [0.1, 0.15) is 0 Å². The molecule has 2 fully saturated rings. The summed E-state index contributed by atoms with van der Waals surface area (Å²) in [7, 11) is 0. The molecule has 2 heteroatoms. The number of rotatable bonds is 1. The molecule has 0 saturated heterocycles. The molecule has 2 aliphatic rings. The van der Waals surface area contributed by atoms with Crippen LogP contribution in [0.3, 0.4) is 0 Å². The standard InChI is InChI=1S/C11H19NO/c1-8(13)12-11-6-4-9(5-7-11)10(11,2)3/h9H,4-7H2,1-3H3,(H,12,13). The normalized spacial score (nSPS) is 40.7. The first kappa shape index (κ1) is 9.04. The van der Waals surface area contributed by atoms with Crippen LogP contribution >= 0.6 is 0 Å². The van der Waals surface area contributed by atoms with Crippen molar-refractivity contribution in [3.8, 4) is 0 Å². The van der Waals surface area contributed by atoms with Gasteiger partial charge in [-0.15, -0.1) is 0 Å². The van der Waals surface area contributed by atoms with Gasteiger partial charge in [-0.25, -0.2) is 0 Å². The van der Waals surface area contributed by atoms with Gasteiger partial charge in [0.2, 0.25) is 5.91 Å². The second-order valence-electron chi connectivity index (χ2n) is 5.26. The van der Waals surface area contributed by atoms with Crippen molar-refractivity contribution in [2.75, 3.05) is 0 Å². The van der Waals surface area contributed by atoms with Gasteiger partial charge < -0.3 is 5.32 Å². The molecule has 0 aliphatic heterocycles. The third-order valence-electron chi connectivity index (χ3n) is 4.51. The van der Waals surface area contributed by atoms with Crippen LogP contribution in [0.1, 0.15) is 46.5 Å². The third-order valence-corrected chi connectivity index (χ3v) is 4.51. The summed E-state index contributed by atoms with van der Waals surface area (Å²) in [6.45, 7) is 6.26. The highest BCUT2D eigenvalue weighted by molar-refractivity contribution is 5.74. The highest BCUT2D eigenvalue weighted by Crippen LogP contribution is 2.59. The van der Waals surface area contributed by atoms with Crippen LogP contribution in [0.4, 0.5) is 0 Å². The Kier molecular flexibility index (Phi) is 1.73. The van der Waals surface area contributed by atoms with E-state index in [1.807, 2.05) is 0 Å². The van der Waals surface area contributed by atoms with Crippen LogP contribution in [0.25, 0.3) is 0 Å². The van der Waals surface area contributed by atoms with Crippen LogP contribution in [0, 0.1) is 11.3 Å². The summed E-state index contributed by atoms with van der Waals surface area (Å²) >= 11 is 0. The second-order valence-corrected chi connectivity index (χ2v) is 5.26. The van der Waals surface area contributed by atoms with Crippen LogP contribution < -0.4 is 5.32 Å². The molecule has 1 amide bonds. The van der Waals surface area contributed by atoms with Gasteiger partial charge in [0.15, 0.2) is 0 Å². The minimum Gasteiger partial charge on any atom is -0.350 e. The molecule has 2 saturated carbocycles. The van der Waals surface area contributed by atoms with Gasteiger partial charge in [0, 0.05) is 12.5 Å². The van der Waals surface area contributed by atoms with Crippen LogP contribution in [-0.2, 0) is 4.79 Å². The first-order chi connectivity index (χ1) is 5.98. The quantitative estimate of drug-likeness (QED) is 0.659. The Labute approximate surface area is 80.1 Å². The van der Waals surface area contributed by atoms with Gasteiger partial charge in [-0.3, -0.25) is 4.79 Å². The number of hydrogen-bond donors (Lipinski definition) is 1. The zero-order chi connectivity index (χ0) is 9.69. The monoisotopic (exact) mass is 181 g/mol. The molecule has 0 unspecified atom stereocenters. The molecule has 2 nitrogen and oxygen atoms in total. The lowest BCUT2D eigenvalue weighted by molar-refractivity contribution is -0.121. The molecule has 74 valence electrons. The van der Waals surface area contributed by atoms with Gasteiger partial charge in [0.05, 0.1) is 0 Å². The summed E-state index contributed by atoms with van der Waals surface area (Å²) < 4.78 is 0. The van der Waals surface area contributed by atoms with E-state index in [9.17, 15) is 4.79 Å². The largest absolute Gasteiger partial charge is 0.350 e. The zero-order valence-electron chi connectivity index (χ0n) is 8.81. The second kappa shape index (κ2) is 2.49. The fourth-order valence-electron chi connectivity index (χ4n) is 3.49. The molecule has 0 atom stereocenters. The Balaban J connectivity index is 2.26. The highest BCUT2D eigenvalue weighted by Gasteiger charge is 2.59. The first-order valence-corrected chi connectivity index (χ1v) is 5.27. The van der Waals surface area contributed by atoms with Crippen molar-refractivity contribution >= 4 is 5.91 Å². The fourth-order valence-corrected chi connectivity index (χ4v) is 3.49. The van der Waals surface area contributed by atoms with Crippen molar-refractivity contribution in [1.29, 1.82) is 0 Å². The van der Waals surface area contributed by atoms with E-state index < -0.39 is 0 Å². The van der Waals surface area contributed by atoms with Crippen molar-refractivity contribution in [3.63, 3.8) is 0 Å². The molecule has 13 heavy (non-hydrogen) atoms. The van der Waals surface area contributed by atoms with Crippen LogP contribution in [0.15, 0.2) is 0 Å². The predicted molar refractivity (Wildman–Crippen MR) is 52.3 cm³/mol. The van der Waals surface area contributed by atoms with Gasteiger partial charge in [-0.2, -0.15) is 0 Å². The summed E-state index contributed by atoms with van der Waals surface area (Å²) in [4.78, 5) is 11.2. The average molecular weight is 181 g/mol. The molecule has 0 aromatic carbocycles. The highest BCUT2D eigenvalue weighted by atomic mass is 16.1. The third kappa shape index (κ3) is 1.04. The maximum Gasteiger partial charge on any atom is 0.217 e.